The molecule has 0 aliphatic carbocycles. The molecule has 0 fully saturated rings. The number of carbonyl (C=O) groups excluding carboxylic acids is 2. The molecule has 0 bridgehead atoms. The van der Waals surface area contributed by atoms with E-state index in [1.165, 1.54) is 12.4 Å². The Hall–Kier alpha value is -5.62. The maximum atomic E-state index is 13.5. The van der Waals surface area contributed by atoms with Gasteiger partial charge in [-0.3, -0.25) is 14.4 Å². The zero-order valence-corrected chi connectivity index (χ0v) is 28.2. The monoisotopic (exact) mass is 678 g/mol. The van der Waals surface area contributed by atoms with Crippen molar-refractivity contribution in [3.8, 4) is 22.7 Å². The Morgan fingerprint density at radius 3 is 2.55 bits per heavy atom. The summed E-state index contributed by atoms with van der Waals surface area (Å²) in [5.74, 6) is -0.0286. The Kier molecular flexibility index (Phi) is 9.41. The van der Waals surface area contributed by atoms with Crippen LogP contribution in [0.15, 0.2) is 83.9 Å². The number of hydrogen-bond donors (Lipinski definition) is 3. The minimum Gasteiger partial charge on any atom is -0.425 e. The van der Waals surface area contributed by atoms with E-state index >= 15 is 0 Å². The molecule has 6 aromatic rings. The van der Waals surface area contributed by atoms with Gasteiger partial charge in [-0.15, -0.1) is 5.10 Å². The summed E-state index contributed by atoms with van der Waals surface area (Å²) in [4.78, 5) is 49.4. The van der Waals surface area contributed by atoms with Crippen molar-refractivity contribution in [3.63, 3.8) is 0 Å². The molecule has 49 heavy (non-hydrogen) atoms. The van der Waals surface area contributed by atoms with Gasteiger partial charge < -0.3 is 20.0 Å². The van der Waals surface area contributed by atoms with Crippen LogP contribution >= 0.6 is 11.6 Å². The molecule has 0 aliphatic rings. The average Bonchev–Trinajstić information content (AvgIpc) is 3.74. The lowest BCUT2D eigenvalue weighted by molar-refractivity contribution is -0.142. The van der Waals surface area contributed by atoms with E-state index in [0.717, 1.165) is 22.4 Å². The molecule has 0 radical (unpaired) electrons. The molecule has 1 amide bonds. The van der Waals surface area contributed by atoms with Gasteiger partial charge in [0.25, 0.3) is 5.56 Å². The van der Waals surface area contributed by atoms with Crippen molar-refractivity contribution in [2.75, 3.05) is 0 Å². The Balaban J connectivity index is 1.28. The van der Waals surface area contributed by atoms with Gasteiger partial charge in [0.05, 0.1) is 22.7 Å². The molecule has 3 aromatic heterocycles. The van der Waals surface area contributed by atoms with Gasteiger partial charge in [-0.1, -0.05) is 65.7 Å². The molecule has 3 aromatic carbocycles. The van der Waals surface area contributed by atoms with Crippen LogP contribution in [0, 0.1) is 12.3 Å². The molecular formula is C36H35ClN8O4. The summed E-state index contributed by atoms with van der Waals surface area (Å²) in [5.41, 5.74) is 4.19. The zero-order chi connectivity index (χ0) is 34.7. The van der Waals surface area contributed by atoms with E-state index in [9.17, 15) is 14.4 Å². The lowest BCUT2D eigenvalue weighted by Gasteiger charge is -2.18. The first kappa shape index (κ1) is 33.3. The molecule has 1 atom stereocenters. The number of rotatable bonds is 10. The van der Waals surface area contributed by atoms with E-state index in [1.54, 1.807) is 43.7 Å². The van der Waals surface area contributed by atoms with Gasteiger partial charge in [0.15, 0.2) is 0 Å². The van der Waals surface area contributed by atoms with E-state index in [2.05, 4.69) is 30.8 Å². The quantitative estimate of drug-likeness (QED) is 0.152. The maximum absolute atomic E-state index is 13.5. The van der Waals surface area contributed by atoms with Crippen LogP contribution in [0.25, 0.3) is 27.8 Å². The Bertz CT molecular complexity index is 2190. The number of aromatic amines is 2. The summed E-state index contributed by atoms with van der Waals surface area (Å²) >= 11 is 6.75. The molecule has 0 spiro atoms. The first-order valence-electron chi connectivity index (χ1n) is 15.8. The number of imidazole rings is 1. The normalized spacial score (nSPS) is 12.2. The highest BCUT2D eigenvalue weighted by Crippen LogP contribution is 2.33. The van der Waals surface area contributed by atoms with Crippen molar-refractivity contribution in [2.24, 2.45) is 5.41 Å². The number of esters is 1. The van der Waals surface area contributed by atoms with Crippen molar-refractivity contribution >= 4 is 34.4 Å². The van der Waals surface area contributed by atoms with Crippen LogP contribution in [0.1, 0.15) is 55.7 Å². The van der Waals surface area contributed by atoms with Crippen LogP contribution in [0.3, 0.4) is 0 Å². The smallest absolute Gasteiger partial charge is 0.316 e. The highest BCUT2D eigenvalue weighted by atomic mass is 35.5. The third-order valence-corrected chi connectivity index (χ3v) is 8.25. The van der Waals surface area contributed by atoms with Crippen molar-refractivity contribution in [1.82, 2.24) is 40.5 Å². The number of aromatic nitrogens is 7. The van der Waals surface area contributed by atoms with E-state index < -0.39 is 23.0 Å². The van der Waals surface area contributed by atoms with Gasteiger partial charge in [-0.25, -0.2) is 9.67 Å². The van der Waals surface area contributed by atoms with Crippen LogP contribution in [-0.4, -0.2) is 47.0 Å². The van der Waals surface area contributed by atoms with Crippen molar-refractivity contribution in [3.05, 3.63) is 117 Å². The number of carbonyl (C=O) groups is 2. The van der Waals surface area contributed by atoms with Crippen molar-refractivity contribution in [2.45, 2.75) is 53.0 Å². The molecule has 250 valence electrons. The fraction of sp³-hybridized carbons (Fsp3) is 0.250. The molecule has 3 N–H and O–H groups in total. The number of fused-ring (bicyclic) bond motifs is 1. The van der Waals surface area contributed by atoms with Crippen LogP contribution in [0.2, 0.25) is 5.15 Å². The second kappa shape index (κ2) is 13.9. The molecule has 0 unspecified atom stereocenters. The number of tetrazole rings is 1. The van der Waals surface area contributed by atoms with Crippen molar-refractivity contribution < 1.29 is 14.3 Å². The highest BCUT2D eigenvalue weighted by Gasteiger charge is 2.26. The van der Waals surface area contributed by atoms with Crippen LogP contribution in [-0.2, 0) is 22.4 Å². The standard InChI is InChI=1S/C36H35ClN8O4/c1-21-10-14-28(45-20-38-43-44-45)23(16-21)12-15-30(46)40-27(17-22-8-6-5-7-9-22)34-41-32(33(37)42-34)24-11-13-26-25(18-24)29(19-31(47)39-26)49-35(48)36(2,3)4/h5-11,13-14,16,18-20,27H,12,15,17H2,1-4H3,(H,39,47)(H,40,46)(H,41,42)/t27-/m0/s1. The average molecular weight is 679 g/mol. The number of pyridine rings is 1. The van der Waals surface area contributed by atoms with E-state index in [4.69, 9.17) is 21.3 Å². The van der Waals surface area contributed by atoms with Gasteiger partial charge >= 0.3 is 5.97 Å². The fourth-order valence-corrected chi connectivity index (χ4v) is 5.67. The first-order valence-corrected chi connectivity index (χ1v) is 16.1. The summed E-state index contributed by atoms with van der Waals surface area (Å²) in [6.07, 6.45) is 2.66. The summed E-state index contributed by atoms with van der Waals surface area (Å²) < 4.78 is 7.24. The number of halogens is 1. The molecule has 6 rings (SSSR count). The Morgan fingerprint density at radius 1 is 1.02 bits per heavy atom. The molecular weight excluding hydrogens is 644 g/mol. The number of nitrogens with one attached hydrogen (secondary N) is 3. The number of H-pyrrole nitrogens is 2. The largest absolute Gasteiger partial charge is 0.425 e. The third-order valence-electron chi connectivity index (χ3n) is 7.97. The van der Waals surface area contributed by atoms with Gasteiger partial charge in [0, 0.05) is 23.4 Å². The summed E-state index contributed by atoms with van der Waals surface area (Å²) in [6.45, 7) is 7.21. The lowest BCUT2D eigenvalue weighted by Crippen LogP contribution is -2.31. The Morgan fingerprint density at radius 2 is 1.82 bits per heavy atom. The molecule has 3 heterocycles. The highest BCUT2D eigenvalue weighted by molar-refractivity contribution is 6.32. The minimum absolute atomic E-state index is 0.137. The first-order chi connectivity index (χ1) is 23.4. The van der Waals surface area contributed by atoms with Crippen LogP contribution in [0.5, 0.6) is 5.75 Å². The molecule has 0 saturated carbocycles. The SMILES string of the molecule is Cc1ccc(-n2cnnn2)c(CCC(=O)N[C@@H](Cc2ccccc2)c2nc(-c3ccc4[nH]c(=O)cc(OC(=O)C(C)(C)C)c4c3)c(Cl)[nH]2)c1. The predicted octanol–water partition coefficient (Wildman–Crippen LogP) is 5.84. The maximum Gasteiger partial charge on any atom is 0.316 e. The third kappa shape index (κ3) is 7.76. The molecule has 0 aliphatic heterocycles. The van der Waals surface area contributed by atoms with E-state index in [-0.39, 0.29) is 23.2 Å². The number of aryl methyl sites for hydroxylation is 2. The lowest BCUT2D eigenvalue weighted by atomic mass is 9.97. The number of ether oxygens (including phenoxy) is 1. The number of benzene rings is 3. The number of amides is 1. The molecule has 13 heteroatoms. The van der Waals surface area contributed by atoms with Crippen LogP contribution < -0.4 is 15.6 Å². The second-order valence-corrected chi connectivity index (χ2v) is 13.3. The van der Waals surface area contributed by atoms with Gasteiger partial charge in [-0.2, -0.15) is 0 Å². The van der Waals surface area contributed by atoms with E-state index in [1.807, 2.05) is 55.5 Å². The summed E-state index contributed by atoms with van der Waals surface area (Å²) in [7, 11) is 0. The van der Waals surface area contributed by atoms with Gasteiger partial charge in [-0.05, 0) is 80.3 Å². The molecule has 12 nitrogen and oxygen atoms in total. The molecule has 0 saturated heterocycles. The van der Waals surface area contributed by atoms with Crippen LogP contribution in [0.4, 0.5) is 0 Å². The zero-order valence-electron chi connectivity index (χ0n) is 27.5. The predicted molar refractivity (Wildman–Crippen MR) is 185 cm³/mol. The minimum atomic E-state index is -0.776. The Labute approximate surface area is 286 Å². The topological polar surface area (TPSA) is 161 Å². The van der Waals surface area contributed by atoms with Gasteiger partial charge in [0.2, 0.25) is 5.91 Å². The summed E-state index contributed by atoms with van der Waals surface area (Å²) in [6, 6.07) is 21.7. The summed E-state index contributed by atoms with van der Waals surface area (Å²) in [5, 5.41) is 15.4. The second-order valence-electron chi connectivity index (χ2n) is 12.9. The van der Waals surface area contributed by atoms with Crippen molar-refractivity contribution in [1.29, 1.82) is 0 Å². The number of nitrogens with zero attached hydrogens (tertiary/aromatic N) is 5. The van der Waals surface area contributed by atoms with Gasteiger partial charge in [0.1, 0.15) is 28.7 Å². The number of hydrogen-bond acceptors (Lipinski definition) is 8. The van der Waals surface area contributed by atoms with E-state index in [0.29, 0.717) is 40.8 Å². The fourth-order valence-electron chi connectivity index (χ4n) is 5.42.